The van der Waals surface area contributed by atoms with Crippen molar-refractivity contribution in [3.05, 3.63) is 94.9 Å². The Morgan fingerprint density at radius 3 is 2.74 bits per heavy atom. The molecule has 10 nitrogen and oxygen atoms in total. The number of guanidine groups is 1. The number of aromatic nitrogens is 6. The molecule has 4 N–H and O–H groups in total. The van der Waals surface area contributed by atoms with Gasteiger partial charge in [-0.1, -0.05) is 66.4 Å². The van der Waals surface area contributed by atoms with Gasteiger partial charge in [-0.25, -0.2) is 4.98 Å². The number of nitrogens with two attached hydrogens (primary N) is 1. The number of para-hydroxylation sites is 1. The van der Waals surface area contributed by atoms with E-state index in [9.17, 15) is 4.79 Å². The molecule has 0 spiro atoms. The summed E-state index contributed by atoms with van der Waals surface area (Å²) in [6.45, 7) is 0. The zero-order valence-corrected chi connectivity index (χ0v) is 18.6. The van der Waals surface area contributed by atoms with Crippen LogP contribution in [0.4, 0.5) is 11.6 Å². The molecule has 34 heavy (non-hydrogen) atoms. The van der Waals surface area contributed by atoms with Gasteiger partial charge in [0.15, 0.2) is 0 Å². The maximum absolute atomic E-state index is 12.2. The lowest BCUT2D eigenvalue weighted by molar-refractivity contribution is 0.756. The van der Waals surface area contributed by atoms with Crippen LogP contribution in [0.3, 0.4) is 0 Å². The third-order valence-electron chi connectivity index (χ3n) is 4.85. The van der Waals surface area contributed by atoms with Crippen molar-refractivity contribution < 1.29 is 0 Å². The van der Waals surface area contributed by atoms with Gasteiger partial charge >= 0.3 is 0 Å². The summed E-state index contributed by atoms with van der Waals surface area (Å²) >= 11 is 1.36. The Hall–Kier alpha value is -4.51. The number of thioether (sulfide) groups is 1. The van der Waals surface area contributed by atoms with Gasteiger partial charge in [-0.05, 0) is 34.0 Å². The highest BCUT2D eigenvalue weighted by atomic mass is 32.2. The van der Waals surface area contributed by atoms with Crippen LogP contribution in [0.25, 0.3) is 16.5 Å². The van der Waals surface area contributed by atoms with Crippen LogP contribution in [0.5, 0.6) is 0 Å². The summed E-state index contributed by atoms with van der Waals surface area (Å²) in [5.74, 6) is 0.587. The van der Waals surface area contributed by atoms with E-state index in [-0.39, 0.29) is 17.5 Å². The van der Waals surface area contributed by atoms with Gasteiger partial charge in [0.05, 0.1) is 11.4 Å². The first-order valence-corrected chi connectivity index (χ1v) is 11.3. The number of hydrogen-bond donors (Lipinski definition) is 3. The molecule has 2 heterocycles. The van der Waals surface area contributed by atoms with Crippen molar-refractivity contribution in [2.24, 2.45) is 10.7 Å². The lowest BCUT2D eigenvalue weighted by Gasteiger charge is -2.09. The number of tetrazole rings is 1. The van der Waals surface area contributed by atoms with Gasteiger partial charge in [0, 0.05) is 22.9 Å². The minimum atomic E-state index is -0.329. The first-order valence-electron chi connectivity index (χ1n) is 10.3. The van der Waals surface area contributed by atoms with Crippen LogP contribution < -0.4 is 16.6 Å². The number of rotatable bonds is 6. The summed E-state index contributed by atoms with van der Waals surface area (Å²) < 4.78 is 1.63. The Balaban J connectivity index is 1.34. The van der Waals surface area contributed by atoms with E-state index in [0.29, 0.717) is 16.6 Å². The number of aromatic amines is 1. The number of fused-ring (bicyclic) bond motifs is 1. The summed E-state index contributed by atoms with van der Waals surface area (Å²) in [4.78, 5) is 23.5. The molecule has 11 heteroatoms. The number of nitrogens with one attached hydrogen (secondary N) is 2. The summed E-state index contributed by atoms with van der Waals surface area (Å²) in [6, 6.07) is 24.8. The fourth-order valence-corrected chi connectivity index (χ4v) is 4.16. The van der Waals surface area contributed by atoms with Crippen LogP contribution in [0.15, 0.2) is 93.8 Å². The maximum atomic E-state index is 12.2. The van der Waals surface area contributed by atoms with Crippen LogP contribution in [-0.4, -0.2) is 36.1 Å². The molecule has 0 saturated carbocycles. The zero-order valence-electron chi connectivity index (χ0n) is 17.8. The highest BCUT2D eigenvalue weighted by molar-refractivity contribution is 7.98. The summed E-state index contributed by atoms with van der Waals surface area (Å²) in [6.07, 6.45) is 0. The van der Waals surface area contributed by atoms with E-state index in [4.69, 9.17) is 5.73 Å². The Labute approximate surface area is 198 Å². The van der Waals surface area contributed by atoms with Crippen LogP contribution in [0, 0.1) is 0 Å². The molecule has 3 aromatic carbocycles. The molecular formula is C23H19N9OS. The van der Waals surface area contributed by atoms with Crippen molar-refractivity contribution in [3.8, 4) is 5.69 Å². The zero-order chi connectivity index (χ0) is 23.3. The molecule has 5 aromatic rings. The summed E-state index contributed by atoms with van der Waals surface area (Å²) in [7, 11) is 0. The van der Waals surface area contributed by atoms with E-state index in [1.54, 1.807) is 4.68 Å². The Morgan fingerprint density at radius 1 is 1.06 bits per heavy atom. The third-order valence-corrected chi connectivity index (χ3v) is 5.80. The molecular weight excluding hydrogens is 450 g/mol. The van der Waals surface area contributed by atoms with E-state index >= 15 is 0 Å². The molecule has 0 unspecified atom stereocenters. The van der Waals surface area contributed by atoms with E-state index < -0.39 is 0 Å². The highest BCUT2D eigenvalue weighted by Gasteiger charge is 2.11. The molecule has 0 bridgehead atoms. The summed E-state index contributed by atoms with van der Waals surface area (Å²) in [5, 5.41) is 17.6. The normalized spacial score (nSPS) is 11.6. The third kappa shape index (κ3) is 4.79. The minimum absolute atomic E-state index is 0.107. The van der Waals surface area contributed by atoms with E-state index in [1.165, 1.54) is 17.8 Å². The molecule has 0 atom stereocenters. The number of benzene rings is 3. The number of nitrogens with zero attached hydrogens (tertiary/aromatic N) is 6. The largest absolute Gasteiger partial charge is 0.369 e. The Morgan fingerprint density at radius 2 is 1.85 bits per heavy atom. The number of aliphatic imine (C=N–C) groups is 1. The van der Waals surface area contributed by atoms with Crippen molar-refractivity contribution in [2.45, 2.75) is 10.9 Å². The number of hydrogen-bond acceptors (Lipinski definition) is 7. The van der Waals surface area contributed by atoms with Crippen LogP contribution in [0.2, 0.25) is 0 Å². The maximum Gasteiger partial charge on any atom is 0.252 e. The molecule has 168 valence electrons. The average Bonchev–Trinajstić information content (AvgIpc) is 3.32. The van der Waals surface area contributed by atoms with Gasteiger partial charge in [-0.3, -0.25) is 9.78 Å². The van der Waals surface area contributed by atoms with E-state index in [0.717, 1.165) is 22.1 Å². The van der Waals surface area contributed by atoms with Crippen LogP contribution in [0.1, 0.15) is 5.69 Å². The Kier molecular flexibility index (Phi) is 5.99. The molecule has 0 amide bonds. The summed E-state index contributed by atoms with van der Waals surface area (Å²) in [5.41, 5.74) is 7.94. The first-order chi connectivity index (χ1) is 16.7. The lowest BCUT2D eigenvalue weighted by atomic mass is 10.1. The lowest BCUT2D eigenvalue weighted by Crippen LogP contribution is -2.22. The van der Waals surface area contributed by atoms with Crippen LogP contribution >= 0.6 is 11.8 Å². The molecule has 5 rings (SSSR count). The monoisotopic (exact) mass is 469 g/mol. The Bertz CT molecular complexity index is 1520. The minimum Gasteiger partial charge on any atom is -0.369 e. The average molecular weight is 470 g/mol. The number of anilines is 1. The topological polar surface area (TPSA) is 140 Å². The second-order valence-electron chi connectivity index (χ2n) is 7.21. The van der Waals surface area contributed by atoms with Gasteiger partial charge in [0.2, 0.25) is 17.1 Å². The molecule has 2 aromatic heterocycles. The van der Waals surface area contributed by atoms with Crippen molar-refractivity contribution in [2.75, 3.05) is 5.32 Å². The van der Waals surface area contributed by atoms with E-state index in [2.05, 4.69) is 35.8 Å². The van der Waals surface area contributed by atoms with Gasteiger partial charge in [-0.15, -0.1) is 5.10 Å². The molecule has 0 aliphatic heterocycles. The molecule has 0 aliphatic carbocycles. The number of H-pyrrole nitrogens is 1. The van der Waals surface area contributed by atoms with E-state index in [1.807, 2.05) is 72.8 Å². The molecule has 0 aliphatic rings. The van der Waals surface area contributed by atoms with Crippen LogP contribution in [-0.2, 0) is 5.75 Å². The SMILES string of the molecule is N/C(=N\c1nc(CSc2nnnn2-c2ccccc2)cc(=O)[nH]1)Nc1cccc2ccccc12. The van der Waals surface area contributed by atoms with Gasteiger partial charge in [0.25, 0.3) is 5.56 Å². The van der Waals surface area contributed by atoms with Crippen molar-refractivity contribution >= 4 is 40.1 Å². The second-order valence-corrected chi connectivity index (χ2v) is 8.15. The fraction of sp³-hybridized carbons (Fsp3) is 0.0435. The smallest absolute Gasteiger partial charge is 0.252 e. The highest BCUT2D eigenvalue weighted by Crippen LogP contribution is 2.23. The predicted octanol–water partition coefficient (Wildman–Crippen LogP) is 3.25. The first kappa shape index (κ1) is 21.3. The van der Waals surface area contributed by atoms with Gasteiger partial charge < -0.3 is 11.1 Å². The standard InChI is InChI=1S/C23H19N9OS/c24-21(26-19-12-6-8-15-7-4-5-11-18(15)19)28-22-25-16(13-20(33)27-22)14-34-23-29-30-31-32(23)17-9-2-1-3-10-17/h1-13H,14H2,(H4,24,25,26,27,28,33). The van der Waals surface area contributed by atoms with Gasteiger partial charge in [0.1, 0.15) is 0 Å². The molecule has 0 fully saturated rings. The van der Waals surface area contributed by atoms with Crippen molar-refractivity contribution in [1.82, 2.24) is 30.2 Å². The molecule has 0 radical (unpaired) electrons. The predicted molar refractivity (Wildman–Crippen MR) is 132 cm³/mol. The van der Waals surface area contributed by atoms with Crippen molar-refractivity contribution in [1.29, 1.82) is 0 Å². The van der Waals surface area contributed by atoms with Crippen molar-refractivity contribution in [3.63, 3.8) is 0 Å². The quantitative estimate of drug-likeness (QED) is 0.196. The van der Waals surface area contributed by atoms with Gasteiger partial charge in [-0.2, -0.15) is 9.67 Å². The second kappa shape index (κ2) is 9.55. The molecule has 0 saturated heterocycles. The fourth-order valence-electron chi connectivity index (χ4n) is 3.37.